The standard InChI is InChI=1S/C22H28N6O2/c1-16-8-10-17(11-9-16)22-27-26-21(30-22)13-12-20(29)23-14-5-7-19-25-24-18-6-3-2-4-15-28(18)19/h8-11H,2-7,12-15H2,1H3,(H,23,29). The van der Waals surface area contributed by atoms with Gasteiger partial charge in [-0.3, -0.25) is 4.79 Å². The van der Waals surface area contributed by atoms with Gasteiger partial charge in [0.05, 0.1) is 0 Å². The number of benzene rings is 1. The molecule has 158 valence electrons. The number of amides is 1. The lowest BCUT2D eigenvalue weighted by atomic mass is 10.1. The van der Waals surface area contributed by atoms with Crippen LogP contribution in [-0.2, 0) is 30.6 Å². The van der Waals surface area contributed by atoms with Crippen molar-refractivity contribution in [3.63, 3.8) is 0 Å². The first-order valence-corrected chi connectivity index (χ1v) is 10.8. The molecule has 1 aromatic carbocycles. The molecule has 1 N–H and O–H groups in total. The lowest BCUT2D eigenvalue weighted by Crippen LogP contribution is -2.25. The molecule has 0 spiro atoms. The monoisotopic (exact) mass is 408 g/mol. The molecule has 3 heterocycles. The zero-order chi connectivity index (χ0) is 20.8. The highest BCUT2D eigenvalue weighted by atomic mass is 16.4. The molecule has 0 bridgehead atoms. The van der Waals surface area contributed by atoms with E-state index >= 15 is 0 Å². The molecule has 1 aliphatic heterocycles. The molecular weight excluding hydrogens is 380 g/mol. The number of aromatic nitrogens is 5. The molecule has 1 aliphatic rings. The minimum absolute atomic E-state index is 0.00911. The molecule has 3 aromatic rings. The van der Waals surface area contributed by atoms with E-state index in [0.29, 0.717) is 31.2 Å². The smallest absolute Gasteiger partial charge is 0.247 e. The van der Waals surface area contributed by atoms with Crippen molar-refractivity contribution in [2.24, 2.45) is 0 Å². The molecule has 2 aromatic heterocycles. The molecular formula is C22H28N6O2. The summed E-state index contributed by atoms with van der Waals surface area (Å²) in [6.07, 6.45) is 7.10. The van der Waals surface area contributed by atoms with Gasteiger partial charge < -0.3 is 14.3 Å². The quantitative estimate of drug-likeness (QED) is 0.575. The average molecular weight is 409 g/mol. The van der Waals surface area contributed by atoms with Crippen LogP contribution < -0.4 is 5.32 Å². The van der Waals surface area contributed by atoms with Gasteiger partial charge in [0, 0.05) is 44.3 Å². The van der Waals surface area contributed by atoms with Crippen LogP contribution in [0, 0.1) is 6.92 Å². The van der Waals surface area contributed by atoms with Gasteiger partial charge in [0.15, 0.2) is 0 Å². The summed E-state index contributed by atoms with van der Waals surface area (Å²) in [6, 6.07) is 7.91. The summed E-state index contributed by atoms with van der Waals surface area (Å²) in [5, 5.41) is 19.8. The fourth-order valence-electron chi connectivity index (χ4n) is 3.68. The number of nitrogens with zero attached hydrogens (tertiary/aromatic N) is 5. The van der Waals surface area contributed by atoms with Gasteiger partial charge in [-0.25, -0.2) is 0 Å². The van der Waals surface area contributed by atoms with Crippen molar-refractivity contribution in [1.82, 2.24) is 30.3 Å². The van der Waals surface area contributed by atoms with Crippen molar-refractivity contribution in [1.29, 1.82) is 0 Å². The van der Waals surface area contributed by atoms with Crippen molar-refractivity contribution in [2.45, 2.75) is 64.8 Å². The Kier molecular flexibility index (Phi) is 6.51. The summed E-state index contributed by atoms with van der Waals surface area (Å²) in [4.78, 5) is 12.1. The van der Waals surface area contributed by atoms with E-state index in [1.807, 2.05) is 31.2 Å². The Morgan fingerprint density at radius 2 is 1.93 bits per heavy atom. The summed E-state index contributed by atoms with van der Waals surface area (Å²) in [6.45, 7) is 3.67. The zero-order valence-electron chi connectivity index (χ0n) is 17.4. The Balaban J connectivity index is 1.18. The van der Waals surface area contributed by atoms with Gasteiger partial charge in [-0.05, 0) is 38.3 Å². The van der Waals surface area contributed by atoms with E-state index in [1.165, 1.54) is 24.8 Å². The Morgan fingerprint density at radius 3 is 2.80 bits per heavy atom. The van der Waals surface area contributed by atoms with E-state index in [0.717, 1.165) is 43.0 Å². The van der Waals surface area contributed by atoms with Gasteiger partial charge in [0.1, 0.15) is 11.6 Å². The van der Waals surface area contributed by atoms with Crippen molar-refractivity contribution in [3.8, 4) is 11.5 Å². The summed E-state index contributed by atoms with van der Waals surface area (Å²) in [5.74, 6) is 3.10. The van der Waals surface area contributed by atoms with Crippen LogP contribution in [0.4, 0.5) is 0 Å². The third kappa shape index (κ3) is 5.11. The van der Waals surface area contributed by atoms with Crippen LogP contribution in [0.5, 0.6) is 0 Å². The van der Waals surface area contributed by atoms with E-state index in [9.17, 15) is 4.79 Å². The zero-order valence-corrected chi connectivity index (χ0v) is 17.4. The highest BCUT2D eigenvalue weighted by Gasteiger charge is 2.14. The molecule has 0 saturated heterocycles. The second-order valence-corrected chi connectivity index (χ2v) is 7.82. The minimum atomic E-state index is -0.00911. The van der Waals surface area contributed by atoms with E-state index in [1.54, 1.807) is 0 Å². The number of fused-ring (bicyclic) bond motifs is 1. The Bertz CT molecular complexity index is 976. The van der Waals surface area contributed by atoms with Gasteiger partial charge in [-0.15, -0.1) is 20.4 Å². The highest BCUT2D eigenvalue weighted by molar-refractivity contribution is 5.75. The molecule has 0 saturated carbocycles. The van der Waals surface area contributed by atoms with Crippen molar-refractivity contribution in [3.05, 3.63) is 47.4 Å². The van der Waals surface area contributed by atoms with Gasteiger partial charge in [-0.1, -0.05) is 24.1 Å². The first-order chi connectivity index (χ1) is 14.7. The Morgan fingerprint density at radius 1 is 1.07 bits per heavy atom. The number of rotatable bonds is 8. The fraction of sp³-hybridized carbons (Fsp3) is 0.500. The first kappa shape index (κ1) is 20.3. The van der Waals surface area contributed by atoms with Crippen LogP contribution in [0.2, 0.25) is 0 Å². The van der Waals surface area contributed by atoms with Crippen LogP contribution in [-0.4, -0.2) is 37.4 Å². The Hall–Kier alpha value is -3.03. The average Bonchev–Trinajstić information content (AvgIpc) is 3.31. The number of carbonyl (C=O) groups is 1. The van der Waals surface area contributed by atoms with E-state index in [2.05, 4.69) is 30.3 Å². The van der Waals surface area contributed by atoms with Gasteiger partial charge >= 0.3 is 0 Å². The van der Waals surface area contributed by atoms with Crippen molar-refractivity contribution < 1.29 is 9.21 Å². The summed E-state index contributed by atoms with van der Waals surface area (Å²) in [7, 11) is 0. The van der Waals surface area contributed by atoms with Crippen LogP contribution in [0.25, 0.3) is 11.5 Å². The van der Waals surface area contributed by atoms with E-state index in [4.69, 9.17) is 4.42 Å². The molecule has 8 nitrogen and oxygen atoms in total. The molecule has 0 atom stereocenters. The maximum absolute atomic E-state index is 12.1. The van der Waals surface area contributed by atoms with Gasteiger partial charge in [0.25, 0.3) is 0 Å². The molecule has 0 fully saturated rings. The van der Waals surface area contributed by atoms with Crippen LogP contribution in [0.3, 0.4) is 0 Å². The van der Waals surface area contributed by atoms with Gasteiger partial charge in [-0.2, -0.15) is 0 Å². The fourth-order valence-corrected chi connectivity index (χ4v) is 3.68. The second-order valence-electron chi connectivity index (χ2n) is 7.82. The third-order valence-electron chi connectivity index (χ3n) is 5.42. The summed E-state index contributed by atoms with van der Waals surface area (Å²) < 4.78 is 7.94. The lowest BCUT2D eigenvalue weighted by Gasteiger charge is -2.07. The lowest BCUT2D eigenvalue weighted by molar-refractivity contribution is -0.121. The molecule has 0 radical (unpaired) electrons. The molecule has 4 rings (SSSR count). The maximum atomic E-state index is 12.1. The number of carbonyl (C=O) groups excluding carboxylic acids is 1. The van der Waals surface area contributed by atoms with Crippen LogP contribution >= 0.6 is 0 Å². The molecule has 0 aliphatic carbocycles. The third-order valence-corrected chi connectivity index (χ3v) is 5.42. The van der Waals surface area contributed by atoms with Crippen molar-refractivity contribution in [2.75, 3.05) is 6.54 Å². The minimum Gasteiger partial charge on any atom is -0.421 e. The summed E-state index contributed by atoms with van der Waals surface area (Å²) >= 11 is 0. The molecule has 8 heteroatoms. The van der Waals surface area contributed by atoms with Gasteiger partial charge in [0.2, 0.25) is 17.7 Å². The number of nitrogens with one attached hydrogen (secondary N) is 1. The molecule has 0 unspecified atom stereocenters. The number of hydrogen-bond donors (Lipinski definition) is 1. The Labute approximate surface area is 176 Å². The highest BCUT2D eigenvalue weighted by Crippen LogP contribution is 2.19. The normalized spacial score (nSPS) is 13.6. The first-order valence-electron chi connectivity index (χ1n) is 10.8. The predicted octanol–water partition coefficient (Wildman–Crippen LogP) is 3.04. The molecule has 1 amide bonds. The van der Waals surface area contributed by atoms with Crippen molar-refractivity contribution >= 4 is 5.91 Å². The predicted molar refractivity (Wildman–Crippen MR) is 112 cm³/mol. The SMILES string of the molecule is Cc1ccc(-c2nnc(CCC(=O)NCCCc3nnc4n3CCCCC4)o2)cc1. The second kappa shape index (κ2) is 9.65. The van der Waals surface area contributed by atoms with Crippen LogP contribution in [0.15, 0.2) is 28.7 Å². The number of aryl methyl sites for hydroxylation is 4. The van der Waals surface area contributed by atoms with E-state index < -0.39 is 0 Å². The maximum Gasteiger partial charge on any atom is 0.247 e. The topological polar surface area (TPSA) is 98.7 Å². The summed E-state index contributed by atoms with van der Waals surface area (Å²) in [5.41, 5.74) is 2.06. The largest absolute Gasteiger partial charge is 0.421 e. The molecule has 30 heavy (non-hydrogen) atoms. The van der Waals surface area contributed by atoms with Crippen LogP contribution in [0.1, 0.15) is 55.2 Å². The van der Waals surface area contributed by atoms with E-state index in [-0.39, 0.29) is 5.91 Å². The number of hydrogen-bond acceptors (Lipinski definition) is 6.